The molecule has 0 aliphatic carbocycles. The van der Waals surface area contributed by atoms with Crippen LogP contribution in [0.4, 0.5) is 4.79 Å². The predicted molar refractivity (Wildman–Crippen MR) is 80.2 cm³/mol. The maximum absolute atomic E-state index is 12.2. The minimum absolute atomic E-state index is 0.233. The monoisotopic (exact) mass is 294 g/mol. The van der Waals surface area contributed by atoms with E-state index >= 15 is 0 Å². The zero-order valence-corrected chi connectivity index (χ0v) is 13.7. The molecule has 1 aromatic rings. The van der Waals surface area contributed by atoms with Gasteiger partial charge in [-0.1, -0.05) is 0 Å². The highest BCUT2D eigenvalue weighted by Gasteiger charge is 2.30. The van der Waals surface area contributed by atoms with E-state index in [4.69, 9.17) is 4.74 Å². The number of carbonyl (C=O) groups is 1. The van der Waals surface area contributed by atoms with Crippen molar-refractivity contribution in [3.63, 3.8) is 0 Å². The molecule has 118 valence electrons. The summed E-state index contributed by atoms with van der Waals surface area (Å²) >= 11 is 0. The van der Waals surface area contributed by atoms with Crippen molar-refractivity contribution in [1.29, 1.82) is 0 Å². The number of piperidine rings is 1. The van der Waals surface area contributed by atoms with E-state index in [1.54, 1.807) is 11.2 Å². The Morgan fingerprint density at radius 3 is 2.76 bits per heavy atom. The molecule has 1 saturated heterocycles. The molecule has 6 heteroatoms. The van der Waals surface area contributed by atoms with Gasteiger partial charge in [-0.05, 0) is 47.5 Å². The molecule has 0 bridgehead atoms. The van der Waals surface area contributed by atoms with Gasteiger partial charge in [-0.15, -0.1) is 10.2 Å². The molecule has 2 heterocycles. The molecule has 1 aliphatic rings. The minimum atomic E-state index is -0.456. The first-order valence-electron chi connectivity index (χ1n) is 7.65. The molecule has 0 saturated carbocycles. The third-order valence-electron chi connectivity index (χ3n) is 3.60. The van der Waals surface area contributed by atoms with Gasteiger partial charge in [0.05, 0.1) is 0 Å². The molecule has 0 aromatic carbocycles. The fraction of sp³-hybridized carbons (Fsp3) is 0.800. The zero-order chi connectivity index (χ0) is 15.6. The van der Waals surface area contributed by atoms with Crippen LogP contribution in [0, 0.1) is 0 Å². The quantitative estimate of drug-likeness (QED) is 0.841. The number of carbonyl (C=O) groups excluding carboxylic acids is 1. The van der Waals surface area contributed by atoms with Crippen LogP contribution in [0.5, 0.6) is 0 Å². The normalized spacial score (nSPS) is 19.9. The molecule has 2 rings (SSSR count). The number of rotatable bonds is 2. The molecule has 0 N–H and O–H groups in total. The van der Waals surface area contributed by atoms with Gasteiger partial charge < -0.3 is 14.2 Å². The first-order valence-corrected chi connectivity index (χ1v) is 7.65. The van der Waals surface area contributed by atoms with Crippen molar-refractivity contribution in [2.45, 2.75) is 65.0 Å². The SMILES string of the molecule is CC(C)n1cnnc1[C@@H]1CCCN(C(=O)OC(C)(C)C)C1. The summed E-state index contributed by atoms with van der Waals surface area (Å²) in [5.74, 6) is 1.20. The molecular formula is C15H26N4O2. The standard InChI is InChI=1S/C15H26N4O2/c1-11(2)19-10-16-17-13(19)12-7-6-8-18(9-12)14(20)21-15(3,4)5/h10-12H,6-9H2,1-5H3/t12-/m1/s1. The molecule has 1 fully saturated rings. The van der Waals surface area contributed by atoms with Gasteiger partial charge in [-0.3, -0.25) is 0 Å². The summed E-state index contributed by atoms with van der Waals surface area (Å²) < 4.78 is 7.55. The molecule has 0 unspecified atom stereocenters. The Morgan fingerprint density at radius 2 is 2.14 bits per heavy atom. The van der Waals surface area contributed by atoms with Crippen molar-refractivity contribution in [3.8, 4) is 0 Å². The fourth-order valence-electron chi connectivity index (χ4n) is 2.62. The van der Waals surface area contributed by atoms with Crippen LogP contribution in [0.3, 0.4) is 0 Å². The van der Waals surface area contributed by atoms with Gasteiger partial charge in [-0.25, -0.2) is 4.79 Å². The number of likely N-dealkylation sites (tertiary alicyclic amines) is 1. The maximum atomic E-state index is 12.2. The van der Waals surface area contributed by atoms with Crippen LogP contribution in [-0.4, -0.2) is 44.4 Å². The van der Waals surface area contributed by atoms with Crippen LogP contribution in [0.2, 0.25) is 0 Å². The van der Waals surface area contributed by atoms with Crippen LogP contribution in [0.1, 0.15) is 65.2 Å². The van der Waals surface area contributed by atoms with E-state index in [-0.39, 0.29) is 12.0 Å². The van der Waals surface area contributed by atoms with E-state index in [1.807, 2.05) is 20.8 Å². The second-order valence-electron chi connectivity index (χ2n) is 6.96. The van der Waals surface area contributed by atoms with Gasteiger partial charge in [0.25, 0.3) is 0 Å². The van der Waals surface area contributed by atoms with Crippen LogP contribution in [0.15, 0.2) is 6.33 Å². The second kappa shape index (κ2) is 6.03. The molecule has 0 radical (unpaired) electrons. The highest BCUT2D eigenvalue weighted by Crippen LogP contribution is 2.27. The summed E-state index contributed by atoms with van der Waals surface area (Å²) in [5.41, 5.74) is -0.456. The van der Waals surface area contributed by atoms with E-state index in [9.17, 15) is 4.79 Å². The number of amides is 1. The topological polar surface area (TPSA) is 60.2 Å². The van der Waals surface area contributed by atoms with Crippen LogP contribution >= 0.6 is 0 Å². The number of hydrogen-bond acceptors (Lipinski definition) is 4. The van der Waals surface area contributed by atoms with Gasteiger partial charge in [0.15, 0.2) is 0 Å². The van der Waals surface area contributed by atoms with Crippen molar-refractivity contribution >= 4 is 6.09 Å². The van der Waals surface area contributed by atoms with Crippen molar-refractivity contribution in [1.82, 2.24) is 19.7 Å². The third-order valence-corrected chi connectivity index (χ3v) is 3.60. The van der Waals surface area contributed by atoms with Gasteiger partial charge in [-0.2, -0.15) is 0 Å². The van der Waals surface area contributed by atoms with Gasteiger partial charge in [0, 0.05) is 25.0 Å². The second-order valence-corrected chi connectivity index (χ2v) is 6.96. The van der Waals surface area contributed by atoms with E-state index < -0.39 is 5.60 Å². The molecule has 1 aliphatic heterocycles. The Balaban J connectivity index is 2.07. The Bertz CT molecular complexity index is 490. The summed E-state index contributed by atoms with van der Waals surface area (Å²) in [6, 6.07) is 0.326. The Kier molecular flexibility index (Phi) is 4.54. The average Bonchev–Trinajstić information content (AvgIpc) is 2.86. The van der Waals surface area contributed by atoms with Gasteiger partial charge in [0.1, 0.15) is 17.8 Å². The smallest absolute Gasteiger partial charge is 0.410 e. The summed E-state index contributed by atoms with van der Waals surface area (Å²) in [5, 5.41) is 8.29. The van der Waals surface area contributed by atoms with Gasteiger partial charge >= 0.3 is 6.09 Å². The van der Waals surface area contributed by atoms with Crippen LogP contribution in [0.25, 0.3) is 0 Å². The zero-order valence-electron chi connectivity index (χ0n) is 13.7. The summed E-state index contributed by atoms with van der Waals surface area (Å²) in [7, 11) is 0. The molecule has 6 nitrogen and oxygen atoms in total. The highest BCUT2D eigenvalue weighted by atomic mass is 16.6. The van der Waals surface area contributed by atoms with Crippen molar-refractivity contribution in [2.75, 3.05) is 13.1 Å². The average molecular weight is 294 g/mol. The van der Waals surface area contributed by atoms with Crippen molar-refractivity contribution in [3.05, 3.63) is 12.2 Å². The third kappa shape index (κ3) is 3.95. The van der Waals surface area contributed by atoms with Crippen LogP contribution in [-0.2, 0) is 4.74 Å². The first kappa shape index (κ1) is 15.8. The Hall–Kier alpha value is -1.59. The number of nitrogens with zero attached hydrogens (tertiary/aromatic N) is 4. The molecule has 1 aromatic heterocycles. The number of aromatic nitrogens is 3. The Morgan fingerprint density at radius 1 is 1.43 bits per heavy atom. The lowest BCUT2D eigenvalue weighted by molar-refractivity contribution is 0.0194. The van der Waals surface area contributed by atoms with Crippen molar-refractivity contribution in [2.24, 2.45) is 0 Å². The highest BCUT2D eigenvalue weighted by molar-refractivity contribution is 5.68. The lowest BCUT2D eigenvalue weighted by Crippen LogP contribution is -2.42. The van der Waals surface area contributed by atoms with E-state index in [0.717, 1.165) is 25.2 Å². The number of hydrogen-bond donors (Lipinski definition) is 0. The van der Waals surface area contributed by atoms with Gasteiger partial charge in [0.2, 0.25) is 0 Å². The summed E-state index contributed by atoms with van der Waals surface area (Å²) in [6.45, 7) is 11.3. The maximum Gasteiger partial charge on any atom is 0.410 e. The summed E-state index contributed by atoms with van der Waals surface area (Å²) in [6.07, 6.45) is 3.54. The lowest BCUT2D eigenvalue weighted by Gasteiger charge is -2.34. The lowest BCUT2D eigenvalue weighted by atomic mass is 9.97. The van der Waals surface area contributed by atoms with E-state index in [0.29, 0.717) is 12.6 Å². The largest absolute Gasteiger partial charge is 0.444 e. The van der Waals surface area contributed by atoms with E-state index in [1.165, 1.54) is 0 Å². The Labute approximate surface area is 126 Å². The summed E-state index contributed by atoms with van der Waals surface area (Å²) in [4.78, 5) is 14.0. The first-order chi connectivity index (χ1) is 9.78. The van der Waals surface area contributed by atoms with E-state index in [2.05, 4.69) is 28.6 Å². The molecule has 0 spiro atoms. The molecule has 21 heavy (non-hydrogen) atoms. The number of ether oxygens (including phenoxy) is 1. The minimum Gasteiger partial charge on any atom is -0.444 e. The molecule has 1 atom stereocenters. The molecular weight excluding hydrogens is 268 g/mol. The predicted octanol–water partition coefficient (Wildman–Crippen LogP) is 2.97. The van der Waals surface area contributed by atoms with Crippen molar-refractivity contribution < 1.29 is 9.53 Å². The molecule has 1 amide bonds. The van der Waals surface area contributed by atoms with Crippen LogP contribution < -0.4 is 0 Å². The fourth-order valence-corrected chi connectivity index (χ4v) is 2.62.